The second-order valence-corrected chi connectivity index (χ2v) is 3.96. The fourth-order valence-electron chi connectivity index (χ4n) is 1.05. The molecule has 1 aromatic heterocycles. The summed E-state index contributed by atoms with van der Waals surface area (Å²) < 4.78 is 0. The fraction of sp³-hybridized carbons (Fsp3) is 0.545. The highest BCUT2D eigenvalue weighted by Crippen LogP contribution is 2.06. The summed E-state index contributed by atoms with van der Waals surface area (Å²) in [5.41, 5.74) is 4.95. The Hall–Kier alpha value is -1.45. The number of hydrazone groups is 1. The van der Waals surface area contributed by atoms with Crippen LogP contribution in [0.1, 0.15) is 32.3 Å². The molecule has 82 valence electrons. The Morgan fingerprint density at radius 3 is 2.53 bits per heavy atom. The molecule has 1 aromatic rings. The second kappa shape index (κ2) is 4.87. The Balaban J connectivity index is 2.77. The zero-order chi connectivity index (χ0) is 11.4. The van der Waals surface area contributed by atoms with Crippen molar-refractivity contribution in [3.63, 3.8) is 0 Å². The van der Waals surface area contributed by atoms with Gasteiger partial charge in [-0.25, -0.2) is 9.97 Å². The monoisotopic (exact) mass is 206 g/mol. The summed E-state index contributed by atoms with van der Waals surface area (Å²) in [7, 11) is 0. The van der Waals surface area contributed by atoms with Crippen LogP contribution in [-0.4, -0.2) is 15.7 Å². The normalized spacial score (nSPS) is 12.0. The Morgan fingerprint density at radius 1 is 1.33 bits per heavy atom. The van der Waals surface area contributed by atoms with Crippen LogP contribution >= 0.6 is 0 Å². The highest BCUT2D eigenvalue weighted by atomic mass is 15.3. The summed E-state index contributed by atoms with van der Waals surface area (Å²) >= 11 is 0. The smallest absolute Gasteiger partial charge is 0.150 e. The zero-order valence-electron chi connectivity index (χ0n) is 10.00. The van der Waals surface area contributed by atoms with Crippen LogP contribution in [0.15, 0.2) is 11.2 Å². The molecule has 0 bridgehead atoms. The van der Waals surface area contributed by atoms with Gasteiger partial charge in [-0.3, -0.25) is 5.43 Å². The Morgan fingerprint density at radius 2 is 2.00 bits per heavy atom. The predicted molar refractivity (Wildman–Crippen MR) is 63.1 cm³/mol. The second-order valence-electron chi connectivity index (χ2n) is 3.96. The summed E-state index contributed by atoms with van der Waals surface area (Å²) in [6.07, 6.45) is 0. The van der Waals surface area contributed by atoms with Crippen molar-refractivity contribution in [2.24, 2.45) is 11.0 Å². The molecular formula is C11H18N4. The minimum Gasteiger partial charge on any atom is -0.261 e. The fourth-order valence-corrected chi connectivity index (χ4v) is 1.05. The van der Waals surface area contributed by atoms with Crippen molar-refractivity contribution in [3.05, 3.63) is 17.6 Å². The molecule has 0 unspecified atom stereocenters. The Bertz CT molecular complexity index is 349. The predicted octanol–water partition coefficient (Wildman–Crippen LogP) is 2.54. The number of nitrogens with one attached hydrogen (secondary N) is 1. The Kier molecular flexibility index (Phi) is 3.77. The lowest BCUT2D eigenvalue weighted by atomic mass is 10.1. The maximum Gasteiger partial charge on any atom is 0.150 e. The third kappa shape index (κ3) is 3.65. The maximum absolute atomic E-state index is 4.25. The first kappa shape index (κ1) is 11.6. The van der Waals surface area contributed by atoms with Crippen LogP contribution < -0.4 is 5.43 Å². The summed E-state index contributed by atoms with van der Waals surface area (Å²) in [5, 5.41) is 4.25. The van der Waals surface area contributed by atoms with Gasteiger partial charge in [-0.1, -0.05) is 13.8 Å². The van der Waals surface area contributed by atoms with Gasteiger partial charge < -0.3 is 0 Å². The van der Waals surface area contributed by atoms with Crippen molar-refractivity contribution in [3.8, 4) is 0 Å². The van der Waals surface area contributed by atoms with Crippen molar-refractivity contribution in [2.75, 3.05) is 5.43 Å². The largest absolute Gasteiger partial charge is 0.261 e. The van der Waals surface area contributed by atoms with Gasteiger partial charge in [0.25, 0.3) is 0 Å². The highest BCUT2D eigenvalue weighted by molar-refractivity contribution is 5.84. The van der Waals surface area contributed by atoms with E-state index in [-0.39, 0.29) is 0 Å². The van der Waals surface area contributed by atoms with Gasteiger partial charge in [-0.2, -0.15) is 5.10 Å². The maximum atomic E-state index is 4.25. The summed E-state index contributed by atoms with van der Waals surface area (Å²) in [5.74, 6) is 1.96. The molecule has 1 rings (SSSR count). The van der Waals surface area contributed by atoms with Gasteiger partial charge in [0.15, 0.2) is 0 Å². The summed E-state index contributed by atoms with van der Waals surface area (Å²) in [6, 6.07) is 1.88. The quantitative estimate of drug-likeness (QED) is 0.610. The van der Waals surface area contributed by atoms with Gasteiger partial charge in [0, 0.05) is 17.5 Å². The van der Waals surface area contributed by atoms with Crippen LogP contribution in [-0.2, 0) is 0 Å². The molecule has 0 aliphatic carbocycles. The molecule has 1 heterocycles. The minimum atomic E-state index is 0.446. The van der Waals surface area contributed by atoms with Gasteiger partial charge in [0.2, 0.25) is 0 Å². The van der Waals surface area contributed by atoms with Gasteiger partial charge in [0.1, 0.15) is 11.6 Å². The van der Waals surface area contributed by atoms with Crippen LogP contribution in [0, 0.1) is 19.8 Å². The summed E-state index contributed by atoms with van der Waals surface area (Å²) in [4.78, 5) is 8.43. The first-order valence-electron chi connectivity index (χ1n) is 5.11. The molecule has 0 spiro atoms. The van der Waals surface area contributed by atoms with E-state index in [2.05, 4.69) is 34.3 Å². The van der Waals surface area contributed by atoms with Crippen molar-refractivity contribution in [1.82, 2.24) is 9.97 Å². The van der Waals surface area contributed by atoms with Crippen molar-refractivity contribution < 1.29 is 0 Å². The molecule has 0 saturated carbocycles. The van der Waals surface area contributed by atoms with Crippen molar-refractivity contribution in [2.45, 2.75) is 34.6 Å². The average molecular weight is 206 g/mol. The molecule has 4 heteroatoms. The third-order valence-electron chi connectivity index (χ3n) is 2.15. The molecule has 0 amide bonds. The lowest BCUT2D eigenvalue weighted by Crippen LogP contribution is -2.06. The van der Waals surface area contributed by atoms with E-state index in [1.54, 1.807) is 0 Å². The van der Waals surface area contributed by atoms with E-state index in [0.717, 1.165) is 23.0 Å². The molecule has 0 fully saturated rings. The number of nitrogens with zero attached hydrogens (tertiary/aromatic N) is 3. The number of anilines is 1. The van der Waals surface area contributed by atoms with Crippen molar-refractivity contribution in [1.29, 1.82) is 0 Å². The zero-order valence-corrected chi connectivity index (χ0v) is 10.00. The number of aromatic nitrogens is 2. The van der Waals surface area contributed by atoms with E-state index in [0.29, 0.717) is 5.92 Å². The molecule has 4 nitrogen and oxygen atoms in total. The molecule has 1 N–H and O–H groups in total. The number of hydrogen-bond acceptors (Lipinski definition) is 4. The van der Waals surface area contributed by atoms with Gasteiger partial charge in [-0.05, 0) is 26.7 Å². The first-order chi connectivity index (χ1) is 6.99. The van der Waals surface area contributed by atoms with Crippen LogP contribution in [0.5, 0.6) is 0 Å². The van der Waals surface area contributed by atoms with Crippen LogP contribution in [0.2, 0.25) is 0 Å². The minimum absolute atomic E-state index is 0.446. The van der Waals surface area contributed by atoms with Crippen LogP contribution in [0.4, 0.5) is 5.82 Å². The highest BCUT2D eigenvalue weighted by Gasteiger charge is 1.99. The van der Waals surface area contributed by atoms with Gasteiger partial charge >= 0.3 is 0 Å². The SMILES string of the molecule is C/C(=N\Nc1cc(C)nc(C)n1)C(C)C. The topological polar surface area (TPSA) is 50.2 Å². The molecule has 0 aromatic carbocycles. The average Bonchev–Trinajstić information content (AvgIpc) is 2.12. The standard InChI is InChI=1S/C11H18N4/c1-7(2)9(4)14-15-11-6-8(3)12-10(5)13-11/h6-7H,1-5H3,(H,12,13,15)/b14-9+. The van der Waals surface area contributed by atoms with E-state index < -0.39 is 0 Å². The third-order valence-corrected chi connectivity index (χ3v) is 2.15. The van der Waals surface area contributed by atoms with Gasteiger partial charge in [-0.15, -0.1) is 0 Å². The van der Waals surface area contributed by atoms with E-state index >= 15 is 0 Å². The lowest BCUT2D eigenvalue weighted by Gasteiger charge is -2.06. The van der Waals surface area contributed by atoms with E-state index in [1.807, 2.05) is 26.8 Å². The molecule has 0 aliphatic heterocycles. The molecular weight excluding hydrogens is 188 g/mol. The van der Waals surface area contributed by atoms with Crippen LogP contribution in [0.25, 0.3) is 0 Å². The Labute approximate surface area is 90.8 Å². The molecule has 0 radical (unpaired) electrons. The lowest BCUT2D eigenvalue weighted by molar-refractivity contribution is 0.873. The molecule has 0 aliphatic rings. The number of hydrogen-bond donors (Lipinski definition) is 1. The van der Waals surface area contributed by atoms with Crippen molar-refractivity contribution >= 4 is 11.5 Å². The summed E-state index contributed by atoms with van der Waals surface area (Å²) in [6.45, 7) is 10.0. The van der Waals surface area contributed by atoms with E-state index in [9.17, 15) is 0 Å². The molecule has 15 heavy (non-hydrogen) atoms. The number of rotatable bonds is 3. The number of aryl methyl sites for hydroxylation is 2. The van der Waals surface area contributed by atoms with E-state index in [1.165, 1.54) is 0 Å². The van der Waals surface area contributed by atoms with Gasteiger partial charge in [0.05, 0.1) is 0 Å². The molecule has 0 saturated heterocycles. The van der Waals surface area contributed by atoms with E-state index in [4.69, 9.17) is 0 Å². The molecule has 0 atom stereocenters. The van der Waals surface area contributed by atoms with Crippen LogP contribution in [0.3, 0.4) is 0 Å². The first-order valence-corrected chi connectivity index (χ1v) is 5.11.